The molecule has 0 aromatic rings. The lowest BCUT2D eigenvalue weighted by Crippen LogP contribution is -2.30. The van der Waals surface area contributed by atoms with E-state index in [1.54, 1.807) is 0 Å². The number of hydrogen-bond donors (Lipinski definition) is 1. The molecule has 106 valence electrons. The van der Waals surface area contributed by atoms with Gasteiger partial charge in [-0.1, -0.05) is 13.8 Å². The van der Waals surface area contributed by atoms with E-state index in [1.165, 1.54) is 0 Å². The first-order chi connectivity index (χ1) is 8.74. The molecule has 2 aliphatic heterocycles. The van der Waals surface area contributed by atoms with Gasteiger partial charge in [-0.2, -0.15) is 0 Å². The van der Waals surface area contributed by atoms with Crippen molar-refractivity contribution in [3.8, 4) is 0 Å². The second-order valence-corrected chi connectivity index (χ2v) is 5.83. The van der Waals surface area contributed by atoms with Gasteiger partial charge in [-0.05, 0) is 31.7 Å². The van der Waals surface area contributed by atoms with E-state index in [0.717, 1.165) is 52.2 Å². The van der Waals surface area contributed by atoms with E-state index in [0.29, 0.717) is 18.1 Å². The predicted octanol–water partition coefficient (Wildman–Crippen LogP) is 1.59. The smallest absolute Gasteiger partial charge is 0.0831 e. The molecule has 0 saturated carbocycles. The quantitative estimate of drug-likeness (QED) is 0.752. The molecule has 0 aliphatic carbocycles. The van der Waals surface area contributed by atoms with Crippen LogP contribution in [0.15, 0.2) is 0 Å². The topological polar surface area (TPSA) is 39.7 Å². The minimum absolute atomic E-state index is 0.288. The van der Waals surface area contributed by atoms with Crippen molar-refractivity contribution in [3.05, 3.63) is 0 Å². The molecule has 3 atom stereocenters. The molecule has 2 rings (SSSR count). The summed E-state index contributed by atoms with van der Waals surface area (Å²) in [6.45, 7) is 8.83. The summed E-state index contributed by atoms with van der Waals surface area (Å²) in [7, 11) is 0. The standard InChI is InChI=1S/C14H27NO3/c1-11(2)7-15-8-12-3-4-14(18-12)10-17-13-5-6-16-9-13/h11-15H,3-10H2,1-2H3. The molecule has 1 N–H and O–H groups in total. The Morgan fingerprint density at radius 1 is 1.22 bits per heavy atom. The summed E-state index contributed by atoms with van der Waals surface area (Å²) in [4.78, 5) is 0. The van der Waals surface area contributed by atoms with Crippen LogP contribution in [0.1, 0.15) is 33.1 Å². The van der Waals surface area contributed by atoms with Crippen molar-refractivity contribution in [1.29, 1.82) is 0 Å². The van der Waals surface area contributed by atoms with Crippen LogP contribution in [-0.4, -0.2) is 51.2 Å². The monoisotopic (exact) mass is 257 g/mol. The molecule has 0 aromatic carbocycles. The van der Waals surface area contributed by atoms with Crippen LogP contribution in [0.5, 0.6) is 0 Å². The van der Waals surface area contributed by atoms with Crippen molar-refractivity contribution >= 4 is 0 Å². The third-order valence-electron chi connectivity index (χ3n) is 3.53. The van der Waals surface area contributed by atoms with Crippen molar-refractivity contribution in [3.63, 3.8) is 0 Å². The largest absolute Gasteiger partial charge is 0.379 e. The van der Waals surface area contributed by atoms with Crippen LogP contribution in [0.2, 0.25) is 0 Å². The Balaban J connectivity index is 1.53. The molecule has 0 aromatic heterocycles. The summed E-state index contributed by atoms with van der Waals surface area (Å²) in [6, 6.07) is 0. The molecule has 18 heavy (non-hydrogen) atoms. The Hall–Kier alpha value is -0.160. The SMILES string of the molecule is CC(C)CNCC1CCC(COC2CCOC2)O1. The highest BCUT2D eigenvalue weighted by molar-refractivity contribution is 4.76. The fourth-order valence-corrected chi connectivity index (χ4v) is 2.47. The fraction of sp³-hybridized carbons (Fsp3) is 1.00. The normalized spacial score (nSPS) is 32.5. The third kappa shape index (κ3) is 4.84. The summed E-state index contributed by atoms with van der Waals surface area (Å²) < 4.78 is 17.1. The average Bonchev–Trinajstić information content (AvgIpc) is 2.96. The molecular weight excluding hydrogens is 230 g/mol. The fourth-order valence-electron chi connectivity index (χ4n) is 2.47. The van der Waals surface area contributed by atoms with E-state index in [9.17, 15) is 0 Å². The van der Waals surface area contributed by atoms with Crippen LogP contribution in [-0.2, 0) is 14.2 Å². The Morgan fingerprint density at radius 3 is 2.78 bits per heavy atom. The van der Waals surface area contributed by atoms with Crippen molar-refractivity contribution in [2.75, 3.05) is 32.9 Å². The van der Waals surface area contributed by atoms with Gasteiger partial charge in [0.2, 0.25) is 0 Å². The van der Waals surface area contributed by atoms with Gasteiger partial charge in [0.25, 0.3) is 0 Å². The first-order valence-corrected chi connectivity index (χ1v) is 7.29. The van der Waals surface area contributed by atoms with Crippen LogP contribution in [0, 0.1) is 5.92 Å². The van der Waals surface area contributed by atoms with Gasteiger partial charge in [-0.15, -0.1) is 0 Å². The van der Waals surface area contributed by atoms with Crippen LogP contribution in [0.25, 0.3) is 0 Å². The lowest BCUT2D eigenvalue weighted by Gasteiger charge is -2.17. The third-order valence-corrected chi connectivity index (χ3v) is 3.53. The molecule has 0 amide bonds. The molecular formula is C14H27NO3. The molecule has 0 spiro atoms. The highest BCUT2D eigenvalue weighted by atomic mass is 16.6. The van der Waals surface area contributed by atoms with Crippen molar-refractivity contribution in [2.45, 2.75) is 51.4 Å². The van der Waals surface area contributed by atoms with Crippen LogP contribution < -0.4 is 5.32 Å². The summed E-state index contributed by atoms with van der Waals surface area (Å²) >= 11 is 0. The highest BCUT2D eigenvalue weighted by Crippen LogP contribution is 2.20. The van der Waals surface area contributed by atoms with Crippen molar-refractivity contribution in [1.82, 2.24) is 5.32 Å². The lowest BCUT2D eigenvalue weighted by molar-refractivity contribution is -0.0419. The van der Waals surface area contributed by atoms with Gasteiger partial charge in [0.05, 0.1) is 31.5 Å². The zero-order valence-corrected chi connectivity index (χ0v) is 11.7. The Bertz CT molecular complexity index is 229. The summed E-state index contributed by atoms with van der Waals surface area (Å²) in [5, 5.41) is 3.46. The highest BCUT2D eigenvalue weighted by Gasteiger charge is 2.26. The van der Waals surface area contributed by atoms with E-state index < -0.39 is 0 Å². The molecule has 3 unspecified atom stereocenters. The number of nitrogens with one attached hydrogen (secondary N) is 1. The maximum atomic E-state index is 5.97. The maximum Gasteiger partial charge on any atom is 0.0831 e. The molecule has 4 nitrogen and oxygen atoms in total. The van der Waals surface area contributed by atoms with Gasteiger partial charge in [-0.3, -0.25) is 0 Å². The van der Waals surface area contributed by atoms with Crippen LogP contribution in [0.4, 0.5) is 0 Å². The number of ether oxygens (including phenoxy) is 3. The second-order valence-electron chi connectivity index (χ2n) is 5.83. The molecule has 2 saturated heterocycles. The van der Waals surface area contributed by atoms with E-state index >= 15 is 0 Å². The van der Waals surface area contributed by atoms with Crippen LogP contribution in [0.3, 0.4) is 0 Å². The molecule has 0 radical (unpaired) electrons. The van der Waals surface area contributed by atoms with Gasteiger partial charge >= 0.3 is 0 Å². The zero-order valence-electron chi connectivity index (χ0n) is 11.7. The first kappa shape index (κ1) is 14.3. The summed E-state index contributed by atoms with van der Waals surface area (Å²) in [6.07, 6.45) is 4.27. The average molecular weight is 257 g/mol. The maximum absolute atomic E-state index is 5.97. The van der Waals surface area contributed by atoms with E-state index in [-0.39, 0.29) is 6.10 Å². The molecule has 4 heteroatoms. The van der Waals surface area contributed by atoms with Gasteiger partial charge < -0.3 is 19.5 Å². The minimum Gasteiger partial charge on any atom is -0.379 e. The summed E-state index contributed by atoms with van der Waals surface area (Å²) in [5.74, 6) is 0.702. The van der Waals surface area contributed by atoms with Gasteiger partial charge in [-0.25, -0.2) is 0 Å². The summed E-state index contributed by atoms with van der Waals surface area (Å²) in [5.41, 5.74) is 0. The van der Waals surface area contributed by atoms with Gasteiger partial charge in [0, 0.05) is 13.2 Å². The lowest BCUT2D eigenvalue weighted by atomic mass is 10.2. The predicted molar refractivity (Wildman–Crippen MR) is 70.8 cm³/mol. The van der Waals surface area contributed by atoms with Gasteiger partial charge in [0.15, 0.2) is 0 Å². The zero-order chi connectivity index (χ0) is 12.8. The second kappa shape index (κ2) is 7.43. The molecule has 2 fully saturated rings. The van der Waals surface area contributed by atoms with E-state index in [1.807, 2.05) is 0 Å². The Morgan fingerprint density at radius 2 is 2.06 bits per heavy atom. The first-order valence-electron chi connectivity index (χ1n) is 7.29. The van der Waals surface area contributed by atoms with Crippen molar-refractivity contribution < 1.29 is 14.2 Å². The van der Waals surface area contributed by atoms with E-state index in [2.05, 4.69) is 19.2 Å². The molecule has 0 bridgehead atoms. The molecule has 2 heterocycles. The van der Waals surface area contributed by atoms with Crippen molar-refractivity contribution in [2.24, 2.45) is 5.92 Å². The van der Waals surface area contributed by atoms with Crippen LogP contribution >= 0.6 is 0 Å². The molecule has 2 aliphatic rings. The minimum atomic E-state index is 0.288. The Labute approximate surface area is 110 Å². The van der Waals surface area contributed by atoms with Gasteiger partial charge in [0.1, 0.15) is 0 Å². The number of hydrogen-bond acceptors (Lipinski definition) is 4. The number of rotatable bonds is 7. The van der Waals surface area contributed by atoms with E-state index in [4.69, 9.17) is 14.2 Å². The Kier molecular flexibility index (Phi) is 5.89.